The minimum Gasteiger partial charge on any atom is -0.478 e. The summed E-state index contributed by atoms with van der Waals surface area (Å²) >= 11 is 0. The molecule has 1 rings (SSSR count). The highest BCUT2D eigenvalue weighted by molar-refractivity contribution is 7.89. The Bertz CT molecular complexity index is 660. The summed E-state index contributed by atoms with van der Waals surface area (Å²) in [6, 6.07) is 0. The number of nitrogens with one attached hydrogen (secondary N) is 1. The smallest absolute Gasteiger partial charge is 0.340 e. The topological polar surface area (TPSA) is 117 Å². The van der Waals surface area contributed by atoms with E-state index in [1.165, 1.54) is 18.7 Å². The van der Waals surface area contributed by atoms with Crippen molar-refractivity contribution in [2.75, 3.05) is 20.6 Å². The fourth-order valence-electron chi connectivity index (χ4n) is 1.82. The zero-order valence-electron chi connectivity index (χ0n) is 12.3. The standard InChI is InChI=1S/C12H18N2O6S/c1-7-10(12(16)17)11(8(2)20-7)21(18,19)13-6-5-9(15)14(3)4/h13H,5-6H2,1-4H3,(H,16,17). The molecule has 118 valence electrons. The van der Waals surface area contributed by atoms with Crippen LogP contribution in [-0.4, -0.2) is 50.9 Å². The van der Waals surface area contributed by atoms with Gasteiger partial charge in [0.25, 0.3) is 0 Å². The molecule has 21 heavy (non-hydrogen) atoms. The average molecular weight is 318 g/mol. The van der Waals surface area contributed by atoms with E-state index in [4.69, 9.17) is 9.52 Å². The zero-order chi connectivity index (χ0) is 16.4. The largest absolute Gasteiger partial charge is 0.478 e. The number of hydrogen-bond donors (Lipinski definition) is 2. The number of furan rings is 1. The van der Waals surface area contributed by atoms with E-state index in [0.717, 1.165) is 0 Å². The summed E-state index contributed by atoms with van der Waals surface area (Å²) in [6.07, 6.45) is -0.0233. The summed E-state index contributed by atoms with van der Waals surface area (Å²) in [5.41, 5.74) is -0.390. The maximum atomic E-state index is 12.2. The molecule has 0 aliphatic carbocycles. The minimum atomic E-state index is -4.06. The molecule has 0 aromatic carbocycles. The van der Waals surface area contributed by atoms with Crippen molar-refractivity contribution in [3.05, 3.63) is 17.1 Å². The van der Waals surface area contributed by atoms with Crippen molar-refractivity contribution in [3.8, 4) is 0 Å². The van der Waals surface area contributed by atoms with E-state index >= 15 is 0 Å². The summed E-state index contributed by atoms with van der Waals surface area (Å²) in [7, 11) is -0.946. The van der Waals surface area contributed by atoms with Gasteiger partial charge in [-0.05, 0) is 13.8 Å². The van der Waals surface area contributed by atoms with Crippen molar-refractivity contribution in [3.63, 3.8) is 0 Å². The Labute approximate surface area is 122 Å². The van der Waals surface area contributed by atoms with Gasteiger partial charge < -0.3 is 14.4 Å². The monoisotopic (exact) mass is 318 g/mol. The molecule has 1 aromatic rings. The third kappa shape index (κ3) is 3.82. The summed E-state index contributed by atoms with van der Waals surface area (Å²) < 4.78 is 31.7. The van der Waals surface area contributed by atoms with E-state index < -0.39 is 20.9 Å². The van der Waals surface area contributed by atoms with Gasteiger partial charge >= 0.3 is 5.97 Å². The molecule has 0 radical (unpaired) electrons. The number of amides is 1. The highest BCUT2D eigenvalue weighted by atomic mass is 32.2. The van der Waals surface area contributed by atoms with Crippen LogP contribution < -0.4 is 4.72 Å². The fourth-order valence-corrected chi connectivity index (χ4v) is 3.26. The maximum Gasteiger partial charge on any atom is 0.340 e. The molecule has 2 N–H and O–H groups in total. The van der Waals surface area contributed by atoms with Crippen LogP contribution in [0.5, 0.6) is 0 Å². The van der Waals surface area contributed by atoms with E-state index in [9.17, 15) is 18.0 Å². The molecule has 0 aliphatic heterocycles. The summed E-state index contributed by atoms with van der Waals surface area (Å²) in [5, 5.41) is 9.10. The highest BCUT2D eigenvalue weighted by Gasteiger charge is 2.30. The van der Waals surface area contributed by atoms with Gasteiger partial charge in [0.15, 0.2) is 0 Å². The number of carbonyl (C=O) groups is 2. The van der Waals surface area contributed by atoms with E-state index in [-0.39, 0.29) is 36.0 Å². The molecule has 0 atom stereocenters. The Morgan fingerprint density at radius 2 is 1.81 bits per heavy atom. The first-order valence-corrected chi connectivity index (χ1v) is 7.59. The van der Waals surface area contributed by atoms with Crippen LogP contribution in [0, 0.1) is 13.8 Å². The lowest BCUT2D eigenvalue weighted by Crippen LogP contribution is -2.31. The van der Waals surface area contributed by atoms with Gasteiger partial charge in [-0.15, -0.1) is 0 Å². The number of rotatable bonds is 6. The van der Waals surface area contributed by atoms with E-state index in [2.05, 4.69) is 4.72 Å². The quantitative estimate of drug-likeness (QED) is 0.781. The maximum absolute atomic E-state index is 12.2. The van der Waals surface area contributed by atoms with Gasteiger partial charge in [0, 0.05) is 27.1 Å². The summed E-state index contributed by atoms with van der Waals surface area (Å²) in [5.74, 6) is -1.61. The van der Waals surface area contributed by atoms with Gasteiger partial charge in [0.05, 0.1) is 0 Å². The lowest BCUT2D eigenvalue weighted by atomic mass is 10.2. The fraction of sp³-hybridized carbons (Fsp3) is 0.500. The van der Waals surface area contributed by atoms with E-state index in [1.54, 1.807) is 14.1 Å². The number of hydrogen-bond acceptors (Lipinski definition) is 5. The van der Waals surface area contributed by atoms with Crippen LogP contribution in [0.3, 0.4) is 0 Å². The molecule has 1 amide bonds. The van der Waals surface area contributed by atoms with Crippen LogP contribution >= 0.6 is 0 Å². The second-order valence-corrected chi connectivity index (χ2v) is 6.36. The van der Waals surface area contributed by atoms with E-state index in [0.29, 0.717) is 0 Å². The number of carboxylic acid groups (broad SMARTS) is 1. The first-order valence-electron chi connectivity index (χ1n) is 6.11. The zero-order valence-corrected chi connectivity index (χ0v) is 13.1. The van der Waals surface area contributed by atoms with Crippen LogP contribution in [0.25, 0.3) is 0 Å². The molecular formula is C12H18N2O6S. The molecule has 9 heteroatoms. The predicted octanol–water partition coefficient (Wildman–Crippen LogP) is 0.351. The molecule has 8 nitrogen and oxygen atoms in total. The molecule has 0 fully saturated rings. The first kappa shape index (κ1) is 17.2. The van der Waals surface area contributed by atoms with Gasteiger partial charge in [0.2, 0.25) is 15.9 Å². The second-order valence-electron chi connectivity index (χ2n) is 4.66. The molecule has 0 spiro atoms. The Hall–Kier alpha value is -1.87. The molecule has 1 aromatic heterocycles. The lowest BCUT2D eigenvalue weighted by molar-refractivity contribution is -0.128. The number of aromatic carboxylic acids is 1. The van der Waals surface area contributed by atoms with Crippen molar-refractivity contribution in [2.45, 2.75) is 25.2 Å². The number of nitrogens with zero attached hydrogens (tertiary/aromatic N) is 1. The Balaban J connectivity index is 2.99. The normalized spacial score (nSPS) is 11.4. The molecule has 0 aliphatic rings. The number of aryl methyl sites for hydroxylation is 2. The van der Waals surface area contributed by atoms with Crippen LogP contribution in [0.4, 0.5) is 0 Å². The van der Waals surface area contributed by atoms with Crippen LogP contribution in [-0.2, 0) is 14.8 Å². The number of sulfonamides is 1. The summed E-state index contributed by atoms with van der Waals surface area (Å²) in [4.78, 5) is 23.5. The average Bonchev–Trinajstić information content (AvgIpc) is 2.64. The van der Waals surface area contributed by atoms with Crippen molar-refractivity contribution in [1.29, 1.82) is 0 Å². The molecule has 0 unspecified atom stereocenters. The molecule has 1 heterocycles. The second kappa shape index (κ2) is 6.27. The van der Waals surface area contributed by atoms with Crippen molar-refractivity contribution < 1.29 is 27.5 Å². The van der Waals surface area contributed by atoms with Gasteiger partial charge in [-0.2, -0.15) is 0 Å². The summed E-state index contributed by atoms with van der Waals surface area (Å²) in [6.45, 7) is 2.63. The van der Waals surface area contributed by atoms with Crippen LogP contribution in [0.1, 0.15) is 28.3 Å². The van der Waals surface area contributed by atoms with Crippen molar-refractivity contribution >= 4 is 21.9 Å². The van der Waals surface area contributed by atoms with Gasteiger partial charge in [-0.3, -0.25) is 4.79 Å². The SMILES string of the molecule is Cc1oc(C)c(S(=O)(=O)NCCC(=O)N(C)C)c1C(=O)O. The Morgan fingerprint density at radius 3 is 2.29 bits per heavy atom. The van der Waals surface area contributed by atoms with Crippen LogP contribution in [0.2, 0.25) is 0 Å². The Kier molecular flexibility index (Phi) is 5.13. The third-order valence-electron chi connectivity index (χ3n) is 2.82. The van der Waals surface area contributed by atoms with Crippen molar-refractivity contribution in [1.82, 2.24) is 9.62 Å². The highest BCUT2D eigenvalue weighted by Crippen LogP contribution is 2.26. The lowest BCUT2D eigenvalue weighted by Gasteiger charge is -2.11. The molecule has 0 saturated heterocycles. The van der Waals surface area contributed by atoms with E-state index in [1.807, 2.05) is 0 Å². The molecular weight excluding hydrogens is 300 g/mol. The van der Waals surface area contributed by atoms with Crippen LogP contribution in [0.15, 0.2) is 9.31 Å². The van der Waals surface area contributed by atoms with Crippen molar-refractivity contribution in [2.24, 2.45) is 0 Å². The number of carbonyl (C=O) groups excluding carboxylic acids is 1. The van der Waals surface area contributed by atoms with Gasteiger partial charge in [-0.25, -0.2) is 17.9 Å². The Morgan fingerprint density at radius 1 is 1.24 bits per heavy atom. The minimum absolute atomic E-state index is 0.00339. The van der Waals surface area contributed by atoms with Gasteiger partial charge in [-0.1, -0.05) is 0 Å². The predicted molar refractivity (Wildman–Crippen MR) is 73.6 cm³/mol. The first-order chi connectivity index (χ1) is 9.58. The number of carboxylic acids is 1. The molecule has 0 bridgehead atoms. The molecule has 0 saturated carbocycles. The van der Waals surface area contributed by atoms with Gasteiger partial charge in [0.1, 0.15) is 22.0 Å². The third-order valence-corrected chi connectivity index (χ3v) is 4.43.